The van der Waals surface area contributed by atoms with E-state index >= 15 is 0 Å². The molecule has 0 rings (SSSR count). The Morgan fingerprint density at radius 3 is 1.39 bits per heavy atom. The first kappa shape index (κ1) is 30.1. The molecule has 0 atom stereocenters. The van der Waals surface area contributed by atoms with E-state index in [1.165, 1.54) is 89.9 Å². The predicted molar refractivity (Wildman–Crippen MR) is 132 cm³/mol. The van der Waals surface area contributed by atoms with Gasteiger partial charge in [0, 0.05) is 13.5 Å². The molecule has 0 saturated heterocycles. The molecule has 31 heavy (non-hydrogen) atoms. The van der Waals surface area contributed by atoms with Gasteiger partial charge in [0.05, 0.1) is 13.2 Å². The molecular weight excluding hydrogens is 388 g/mol. The lowest BCUT2D eigenvalue weighted by Crippen LogP contribution is -2.09. The van der Waals surface area contributed by atoms with Gasteiger partial charge in [-0.25, -0.2) is 0 Å². The fourth-order valence-electron chi connectivity index (χ4n) is 3.61. The monoisotopic (exact) mass is 442 g/mol. The number of hydrogen-bond donors (Lipinski definition) is 0. The molecule has 0 amide bonds. The highest BCUT2D eigenvalue weighted by atomic mass is 16.7. The largest absolute Gasteiger partial charge is 0.491 e. The molecule has 0 aromatic carbocycles. The molecule has 0 N–H and O–H groups in total. The minimum atomic E-state index is 0.196. The SMILES string of the molecule is CCCCCCCCCCOC(CCC)=C(OCCCCCCCCCC)OCOC. The molecule has 4 nitrogen and oxygen atoms in total. The maximum absolute atomic E-state index is 6.09. The van der Waals surface area contributed by atoms with E-state index in [0.717, 1.165) is 38.0 Å². The summed E-state index contributed by atoms with van der Waals surface area (Å²) >= 11 is 0. The van der Waals surface area contributed by atoms with Crippen molar-refractivity contribution in [1.29, 1.82) is 0 Å². The van der Waals surface area contributed by atoms with Crippen molar-refractivity contribution < 1.29 is 18.9 Å². The second-order valence-corrected chi connectivity index (χ2v) is 8.66. The number of ether oxygens (including phenoxy) is 4. The quantitative estimate of drug-likeness (QED) is 0.0803. The third-order valence-electron chi connectivity index (χ3n) is 5.52. The van der Waals surface area contributed by atoms with Crippen LogP contribution in [-0.2, 0) is 18.9 Å². The van der Waals surface area contributed by atoms with Crippen LogP contribution in [0.15, 0.2) is 11.7 Å². The standard InChI is InChI=1S/C27H54O4/c1-5-8-10-12-14-16-18-20-23-29-26(22-7-3)27(31-25-28-4)30-24-21-19-17-15-13-11-9-6-2/h5-25H2,1-4H3. The highest BCUT2D eigenvalue weighted by Gasteiger charge is 2.12. The van der Waals surface area contributed by atoms with Crippen molar-refractivity contribution in [3.05, 3.63) is 11.7 Å². The van der Waals surface area contributed by atoms with Gasteiger partial charge < -0.3 is 18.9 Å². The Balaban J connectivity index is 4.19. The van der Waals surface area contributed by atoms with Crippen molar-refractivity contribution in [1.82, 2.24) is 0 Å². The Bertz CT molecular complexity index is 381. The Hall–Kier alpha value is -0.900. The smallest absolute Gasteiger partial charge is 0.321 e. The molecule has 186 valence electrons. The normalized spacial score (nSPS) is 12.0. The van der Waals surface area contributed by atoms with E-state index in [9.17, 15) is 0 Å². The zero-order valence-corrected chi connectivity index (χ0v) is 21.5. The highest BCUT2D eigenvalue weighted by Crippen LogP contribution is 2.18. The molecule has 0 aromatic rings. The minimum absolute atomic E-state index is 0.196. The summed E-state index contributed by atoms with van der Waals surface area (Å²) in [5.74, 6) is 1.38. The molecule has 0 aliphatic heterocycles. The lowest BCUT2D eigenvalue weighted by molar-refractivity contribution is -0.0691. The van der Waals surface area contributed by atoms with Gasteiger partial charge in [-0.05, 0) is 19.3 Å². The Labute approximate surface area is 194 Å². The molecule has 0 saturated carbocycles. The molecule has 0 fully saturated rings. The third kappa shape index (κ3) is 20.7. The van der Waals surface area contributed by atoms with Crippen LogP contribution in [0, 0.1) is 0 Å². The predicted octanol–water partition coefficient (Wildman–Crippen LogP) is 8.89. The average molecular weight is 443 g/mol. The van der Waals surface area contributed by atoms with Gasteiger partial charge in [-0.2, -0.15) is 0 Å². The van der Waals surface area contributed by atoms with Crippen LogP contribution in [0.5, 0.6) is 0 Å². The van der Waals surface area contributed by atoms with E-state index in [1.54, 1.807) is 7.11 Å². The fourth-order valence-corrected chi connectivity index (χ4v) is 3.61. The molecule has 4 heteroatoms. The number of rotatable bonds is 25. The van der Waals surface area contributed by atoms with Gasteiger partial charge in [0.1, 0.15) is 0 Å². The van der Waals surface area contributed by atoms with Crippen LogP contribution in [0.4, 0.5) is 0 Å². The molecule has 0 aromatic heterocycles. The van der Waals surface area contributed by atoms with Gasteiger partial charge in [0.25, 0.3) is 0 Å². The average Bonchev–Trinajstić information content (AvgIpc) is 2.78. The summed E-state index contributed by atoms with van der Waals surface area (Å²) in [6.45, 7) is 8.31. The van der Waals surface area contributed by atoms with E-state index in [-0.39, 0.29) is 6.79 Å². The Morgan fingerprint density at radius 2 is 0.935 bits per heavy atom. The lowest BCUT2D eigenvalue weighted by Gasteiger charge is -2.17. The zero-order chi connectivity index (χ0) is 22.8. The van der Waals surface area contributed by atoms with Crippen molar-refractivity contribution in [2.24, 2.45) is 0 Å². The van der Waals surface area contributed by atoms with E-state index in [0.29, 0.717) is 12.6 Å². The fraction of sp³-hybridized carbons (Fsp3) is 0.926. The molecule has 0 heterocycles. The van der Waals surface area contributed by atoms with Crippen molar-refractivity contribution in [2.45, 2.75) is 136 Å². The van der Waals surface area contributed by atoms with Gasteiger partial charge in [0.15, 0.2) is 12.6 Å². The van der Waals surface area contributed by atoms with Crippen LogP contribution >= 0.6 is 0 Å². The summed E-state index contributed by atoms with van der Waals surface area (Å²) in [5.41, 5.74) is 0. The van der Waals surface area contributed by atoms with Gasteiger partial charge in [-0.3, -0.25) is 0 Å². The summed E-state index contributed by atoms with van der Waals surface area (Å²) in [6.07, 6.45) is 22.6. The molecule has 0 spiro atoms. The van der Waals surface area contributed by atoms with Crippen molar-refractivity contribution in [2.75, 3.05) is 27.1 Å². The summed E-state index contributed by atoms with van der Waals surface area (Å²) in [4.78, 5) is 0. The van der Waals surface area contributed by atoms with Crippen molar-refractivity contribution in [3.63, 3.8) is 0 Å². The number of methoxy groups -OCH3 is 1. The number of unbranched alkanes of at least 4 members (excludes halogenated alkanes) is 14. The molecule has 0 aliphatic carbocycles. The zero-order valence-electron chi connectivity index (χ0n) is 21.5. The highest BCUT2D eigenvalue weighted by molar-refractivity contribution is 4.95. The van der Waals surface area contributed by atoms with Gasteiger partial charge in [-0.15, -0.1) is 0 Å². The van der Waals surface area contributed by atoms with Crippen LogP contribution in [0.1, 0.15) is 136 Å². The summed E-state index contributed by atoms with van der Waals surface area (Å²) < 4.78 is 22.9. The first-order chi connectivity index (χ1) is 15.3. The topological polar surface area (TPSA) is 36.9 Å². The maximum atomic E-state index is 6.09. The van der Waals surface area contributed by atoms with E-state index in [2.05, 4.69) is 20.8 Å². The van der Waals surface area contributed by atoms with Crippen LogP contribution < -0.4 is 0 Å². The lowest BCUT2D eigenvalue weighted by atomic mass is 10.1. The van der Waals surface area contributed by atoms with Gasteiger partial charge >= 0.3 is 5.95 Å². The summed E-state index contributed by atoms with van der Waals surface area (Å²) in [6, 6.07) is 0. The van der Waals surface area contributed by atoms with E-state index in [4.69, 9.17) is 18.9 Å². The van der Waals surface area contributed by atoms with Crippen LogP contribution in [0.2, 0.25) is 0 Å². The molecule has 0 aliphatic rings. The second-order valence-electron chi connectivity index (χ2n) is 8.66. The van der Waals surface area contributed by atoms with Crippen molar-refractivity contribution >= 4 is 0 Å². The van der Waals surface area contributed by atoms with Crippen LogP contribution in [0.25, 0.3) is 0 Å². The second kappa shape index (κ2) is 25.4. The summed E-state index contributed by atoms with van der Waals surface area (Å²) in [7, 11) is 1.64. The van der Waals surface area contributed by atoms with Crippen LogP contribution in [-0.4, -0.2) is 27.1 Å². The molecular formula is C27H54O4. The molecule has 0 radical (unpaired) electrons. The Kier molecular flexibility index (Phi) is 24.6. The first-order valence-electron chi connectivity index (χ1n) is 13.4. The van der Waals surface area contributed by atoms with Gasteiger partial charge in [0.2, 0.25) is 0 Å². The van der Waals surface area contributed by atoms with E-state index < -0.39 is 0 Å². The molecule has 0 bridgehead atoms. The first-order valence-corrected chi connectivity index (χ1v) is 13.4. The van der Waals surface area contributed by atoms with E-state index in [1.807, 2.05) is 0 Å². The van der Waals surface area contributed by atoms with Crippen LogP contribution in [0.3, 0.4) is 0 Å². The maximum Gasteiger partial charge on any atom is 0.321 e. The number of hydrogen-bond acceptors (Lipinski definition) is 4. The van der Waals surface area contributed by atoms with Gasteiger partial charge in [-0.1, -0.05) is 111 Å². The Morgan fingerprint density at radius 1 is 0.484 bits per heavy atom. The summed E-state index contributed by atoms with van der Waals surface area (Å²) in [5, 5.41) is 0. The third-order valence-corrected chi connectivity index (χ3v) is 5.52. The van der Waals surface area contributed by atoms with Crippen molar-refractivity contribution in [3.8, 4) is 0 Å². The minimum Gasteiger partial charge on any atom is -0.491 e. The molecule has 0 unspecified atom stereocenters. The number of allylic oxidation sites excluding steroid dienone is 1.